The standard InChI is InChI=1S/C11H18ClN3/c1-3-6-13-10(8-4-5-8)11-9(12)7-14-15(11)2/h7-8,10,13H,3-6H2,1-2H3. The highest BCUT2D eigenvalue weighted by Crippen LogP contribution is 2.42. The van der Waals surface area contributed by atoms with E-state index in [0.29, 0.717) is 6.04 Å². The van der Waals surface area contributed by atoms with Gasteiger partial charge in [-0.1, -0.05) is 18.5 Å². The van der Waals surface area contributed by atoms with E-state index in [9.17, 15) is 0 Å². The monoisotopic (exact) mass is 227 g/mol. The number of nitrogens with zero attached hydrogens (tertiary/aromatic N) is 2. The quantitative estimate of drug-likeness (QED) is 0.838. The molecule has 84 valence electrons. The third kappa shape index (κ3) is 2.34. The van der Waals surface area contributed by atoms with Crippen LogP contribution in [0.5, 0.6) is 0 Å². The summed E-state index contributed by atoms with van der Waals surface area (Å²) in [5.41, 5.74) is 1.15. The molecule has 1 saturated carbocycles. The Kier molecular flexibility index (Phi) is 3.32. The SMILES string of the molecule is CCCNC(c1c(Cl)cnn1C)C1CC1. The topological polar surface area (TPSA) is 29.9 Å². The van der Waals surface area contributed by atoms with Gasteiger partial charge in [-0.2, -0.15) is 5.10 Å². The summed E-state index contributed by atoms with van der Waals surface area (Å²) in [5.74, 6) is 0.754. The van der Waals surface area contributed by atoms with Crippen molar-refractivity contribution >= 4 is 11.6 Å². The molecule has 0 radical (unpaired) electrons. The summed E-state index contributed by atoms with van der Waals surface area (Å²) in [5, 5.41) is 8.56. The highest BCUT2D eigenvalue weighted by molar-refractivity contribution is 6.31. The van der Waals surface area contributed by atoms with Gasteiger partial charge in [0.1, 0.15) is 0 Å². The second kappa shape index (κ2) is 4.54. The van der Waals surface area contributed by atoms with Gasteiger partial charge in [0.25, 0.3) is 0 Å². The van der Waals surface area contributed by atoms with Crippen LogP contribution in [0.1, 0.15) is 37.9 Å². The fourth-order valence-corrected chi connectivity index (χ4v) is 2.27. The zero-order valence-corrected chi connectivity index (χ0v) is 10.1. The number of aromatic nitrogens is 2. The fraction of sp³-hybridized carbons (Fsp3) is 0.727. The highest BCUT2D eigenvalue weighted by atomic mass is 35.5. The van der Waals surface area contributed by atoms with E-state index in [0.717, 1.165) is 29.6 Å². The first kappa shape index (κ1) is 11.0. The van der Waals surface area contributed by atoms with E-state index in [1.165, 1.54) is 12.8 Å². The minimum absolute atomic E-state index is 0.393. The Balaban J connectivity index is 2.16. The zero-order chi connectivity index (χ0) is 10.8. The molecule has 2 rings (SSSR count). The molecule has 1 aliphatic carbocycles. The van der Waals surface area contributed by atoms with E-state index in [1.54, 1.807) is 6.20 Å². The van der Waals surface area contributed by atoms with Gasteiger partial charge >= 0.3 is 0 Å². The van der Waals surface area contributed by atoms with E-state index >= 15 is 0 Å². The van der Waals surface area contributed by atoms with Crippen LogP contribution in [-0.2, 0) is 7.05 Å². The number of rotatable bonds is 5. The largest absolute Gasteiger partial charge is 0.308 e. The molecule has 3 nitrogen and oxygen atoms in total. The molecule has 0 bridgehead atoms. The summed E-state index contributed by atoms with van der Waals surface area (Å²) >= 11 is 6.17. The van der Waals surface area contributed by atoms with Crippen LogP contribution >= 0.6 is 11.6 Å². The van der Waals surface area contributed by atoms with Crippen LogP contribution in [-0.4, -0.2) is 16.3 Å². The Bertz CT molecular complexity index is 311. The van der Waals surface area contributed by atoms with Crippen LogP contribution in [0.25, 0.3) is 0 Å². The molecule has 1 N–H and O–H groups in total. The van der Waals surface area contributed by atoms with Crippen LogP contribution in [0.3, 0.4) is 0 Å². The predicted molar refractivity (Wildman–Crippen MR) is 62.0 cm³/mol. The van der Waals surface area contributed by atoms with Gasteiger partial charge in [-0.25, -0.2) is 0 Å². The summed E-state index contributed by atoms with van der Waals surface area (Å²) in [4.78, 5) is 0. The lowest BCUT2D eigenvalue weighted by Gasteiger charge is -2.18. The molecule has 0 aliphatic heterocycles. The minimum Gasteiger partial charge on any atom is -0.308 e. The molecule has 0 saturated heterocycles. The molecular weight excluding hydrogens is 210 g/mol. The van der Waals surface area contributed by atoms with Gasteiger partial charge in [0.15, 0.2) is 0 Å². The predicted octanol–water partition coefficient (Wildman–Crippen LogP) is 2.52. The van der Waals surface area contributed by atoms with E-state index in [4.69, 9.17) is 11.6 Å². The van der Waals surface area contributed by atoms with Crippen molar-refractivity contribution in [3.8, 4) is 0 Å². The van der Waals surface area contributed by atoms with Crippen molar-refractivity contribution in [1.29, 1.82) is 0 Å². The molecule has 1 fully saturated rings. The van der Waals surface area contributed by atoms with E-state index in [1.807, 2.05) is 11.7 Å². The van der Waals surface area contributed by atoms with Crippen molar-refractivity contribution in [2.45, 2.75) is 32.2 Å². The molecule has 15 heavy (non-hydrogen) atoms. The lowest BCUT2D eigenvalue weighted by molar-refractivity contribution is 0.451. The highest BCUT2D eigenvalue weighted by Gasteiger charge is 2.34. The second-order valence-electron chi connectivity index (χ2n) is 4.27. The molecule has 1 aliphatic rings. The van der Waals surface area contributed by atoms with Crippen LogP contribution in [0.4, 0.5) is 0 Å². The number of hydrogen-bond acceptors (Lipinski definition) is 2. The van der Waals surface area contributed by atoms with Gasteiger partial charge in [0.05, 0.1) is 23.0 Å². The normalized spacial score (nSPS) is 18.1. The minimum atomic E-state index is 0.393. The van der Waals surface area contributed by atoms with Gasteiger partial charge < -0.3 is 5.32 Å². The summed E-state index contributed by atoms with van der Waals surface area (Å²) in [6, 6.07) is 0.393. The van der Waals surface area contributed by atoms with Crippen LogP contribution in [0, 0.1) is 5.92 Å². The molecule has 0 spiro atoms. The van der Waals surface area contributed by atoms with Gasteiger partial charge in [-0.3, -0.25) is 4.68 Å². The summed E-state index contributed by atoms with van der Waals surface area (Å²) in [6.07, 6.45) is 5.50. The smallest absolute Gasteiger partial charge is 0.0834 e. The molecule has 1 atom stereocenters. The maximum absolute atomic E-state index is 6.17. The first-order valence-electron chi connectivity index (χ1n) is 5.64. The Morgan fingerprint density at radius 2 is 2.40 bits per heavy atom. The van der Waals surface area contributed by atoms with Crippen molar-refractivity contribution in [2.24, 2.45) is 13.0 Å². The average Bonchev–Trinajstić information content (AvgIpc) is 2.99. The Morgan fingerprint density at radius 3 is 2.87 bits per heavy atom. The van der Waals surface area contributed by atoms with Crippen LogP contribution in [0.15, 0.2) is 6.20 Å². The molecule has 0 aromatic carbocycles. The molecule has 1 aromatic rings. The molecule has 0 amide bonds. The number of hydrogen-bond donors (Lipinski definition) is 1. The third-order valence-electron chi connectivity index (χ3n) is 2.94. The molecule has 1 aromatic heterocycles. The molecule has 1 unspecified atom stereocenters. The van der Waals surface area contributed by atoms with Crippen molar-refractivity contribution < 1.29 is 0 Å². The lowest BCUT2D eigenvalue weighted by Crippen LogP contribution is -2.26. The number of halogens is 1. The zero-order valence-electron chi connectivity index (χ0n) is 9.33. The van der Waals surface area contributed by atoms with Gasteiger partial charge in [-0.05, 0) is 31.7 Å². The molecule has 1 heterocycles. The first-order valence-corrected chi connectivity index (χ1v) is 6.02. The first-order chi connectivity index (χ1) is 7.24. The Hall–Kier alpha value is -0.540. The maximum Gasteiger partial charge on any atom is 0.0834 e. The van der Waals surface area contributed by atoms with Gasteiger partial charge in [0.2, 0.25) is 0 Å². The van der Waals surface area contributed by atoms with E-state index in [-0.39, 0.29) is 0 Å². The molecular formula is C11H18ClN3. The summed E-state index contributed by atoms with van der Waals surface area (Å²) in [7, 11) is 1.96. The number of aryl methyl sites for hydroxylation is 1. The van der Waals surface area contributed by atoms with E-state index in [2.05, 4.69) is 17.3 Å². The molecule has 4 heteroatoms. The van der Waals surface area contributed by atoms with Crippen molar-refractivity contribution in [3.63, 3.8) is 0 Å². The Morgan fingerprint density at radius 1 is 1.67 bits per heavy atom. The van der Waals surface area contributed by atoms with Crippen molar-refractivity contribution in [1.82, 2.24) is 15.1 Å². The average molecular weight is 228 g/mol. The summed E-state index contributed by atoms with van der Waals surface area (Å²) in [6.45, 7) is 3.23. The third-order valence-corrected chi connectivity index (χ3v) is 3.23. The Labute approximate surface area is 95.8 Å². The number of nitrogens with one attached hydrogen (secondary N) is 1. The van der Waals surface area contributed by atoms with Gasteiger partial charge in [0, 0.05) is 7.05 Å². The van der Waals surface area contributed by atoms with Gasteiger partial charge in [-0.15, -0.1) is 0 Å². The van der Waals surface area contributed by atoms with E-state index < -0.39 is 0 Å². The van der Waals surface area contributed by atoms with Crippen LogP contribution in [0.2, 0.25) is 5.02 Å². The summed E-state index contributed by atoms with van der Waals surface area (Å²) < 4.78 is 1.90. The lowest BCUT2D eigenvalue weighted by atomic mass is 10.1. The fourth-order valence-electron chi connectivity index (χ4n) is 1.99. The van der Waals surface area contributed by atoms with Crippen molar-refractivity contribution in [3.05, 3.63) is 16.9 Å². The van der Waals surface area contributed by atoms with Crippen LogP contribution < -0.4 is 5.32 Å². The van der Waals surface area contributed by atoms with Crippen molar-refractivity contribution in [2.75, 3.05) is 6.54 Å². The maximum atomic E-state index is 6.17. The second-order valence-corrected chi connectivity index (χ2v) is 4.68.